The fourth-order valence-electron chi connectivity index (χ4n) is 2.27. The predicted molar refractivity (Wildman–Crippen MR) is 76.8 cm³/mol. The predicted octanol–water partition coefficient (Wildman–Crippen LogP) is 1.96. The van der Waals surface area contributed by atoms with Gasteiger partial charge in [-0.05, 0) is 24.1 Å². The largest absolute Gasteiger partial charge is 0.392 e. The van der Waals surface area contributed by atoms with E-state index in [0.29, 0.717) is 13.0 Å². The highest BCUT2D eigenvalue weighted by Crippen LogP contribution is 2.20. The third-order valence-corrected chi connectivity index (χ3v) is 5.07. The van der Waals surface area contributed by atoms with Crippen LogP contribution in [0.1, 0.15) is 18.9 Å². The van der Waals surface area contributed by atoms with Crippen molar-refractivity contribution < 1.29 is 13.5 Å². The zero-order valence-electron chi connectivity index (χ0n) is 11.0. The van der Waals surface area contributed by atoms with E-state index in [1.54, 1.807) is 0 Å². The average Bonchev–Trinajstić information content (AvgIpc) is 2.79. The second-order valence-electron chi connectivity index (χ2n) is 4.67. The molecule has 2 aromatic rings. The maximum atomic E-state index is 11.7. The van der Waals surface area contributed by atoms with Crippen LogP contribution >= 0.6 is 0 Å². The molecule has 0 spiro atoms. The van der Waals surface area contributed by atoms with Crippen LogP contribution in [0.4, 0.5) is 0 Å². The van der Waals surface area contributed by atoms with Crippen LogP contribution in [0.15, 0.2) is 30.5 Å². The lowest BCUT2D eigenvalue weighted by Crippen LogP contribution is -2.15. The number of fused-ring (bicyclic) bond motifs is 1. The van der Waals surface area contributed by atoms with Gasteiger partial charge in [0.2, 0.25) is 0 Å². The Morgan fingerprint density at radius 1 is 1.21 bits per heavy atom. The van der Waals surface area contributed by atoms with Crippen LogP contribution in [0.25, 0.3) is 10.9 Å². The van der Waals surface area contributed by atoms with E-state index in [1.165, 1.54) is 0 Å². The van der Waals surface area contributed by atoms with Crippen LogP contribution in [0, 0.1) is 0 Å². The zero-order chi connectivity index (χ0) is 13.9. The Hall–Kier alpha value is -1.33. The second-order valence-corrected chi connectivity index (χ2v) is 6.97. The van der Waals surface area contributed by atoms with Gasteiger partial charge >= 0.3 is 0 Å². The summed E-state index contributed by atoms with van der Waals surface area (Å²) in [4.78, 5) is 0. The average molecular weight is 281 g/mol. The maximum absolute atomic E-state index is 11.7. The summed E-state index contributed by atoms with van der Waals surface area (Å²) in [7, 11) is -2.96. The molecule has 0 saturated carbocycles. The van der Waals surface area contributed by atoms with Gasteiger partial charge in [0.15, 0.2) is 9.84 Å². The topological polar surface area (TPSA) is 59.3 Å². The van der Waals surface area contributed by atoms with E-state index in [-0.39, 0.29) is 18.1 Å². The summed E-state index contributed by atoms with van der Waals surface area (Å²) in [5, 5.41) is 10.3. The highest BCUT2D eigenvalue weighted by Gasteiger charge is 2.11. The first-order chi connectivity index (χ1) is 9.07. The fourth-order valence-corrected chi connectivity index (χ4v) is 3.57. The normalized spacial score (nSPS) is 12.1. The van der Waals surface area contributed by atoms with Crippen molar-refractivity contribution in [3.8, 4) is 0 Å². The van der Waals surface area contributed by atoms with Gasteiger partial charge in [-0.3, -0.25) is 0 Å². The van der Waals surface area contributed by atoms with Gasteiger partial charge in [0.1, 0.15) is 0 Å². The van der Waals surface area contributed by atoms with Crippen molar-refractivity contribution in [2.45, 2.75) is 26.5 Å². The minimum atomic E-state index is -2.96. The van der Waals surface area contributed by atoms with E-state index >= 15 is 0 Å². The number of hydrogen-bond donors (Lipinski definition) is 1. The molecule has 104 valence electrons. The van der Waals surface area contributed by atoms with E-state index in [1.807, 2.05) is 42.0 Å². The van der Waals surface area contributed by atoms with Gasteiger partial charge in [0.05, 0.1) is 12.4 Å². The Balaban J connectivity index is 2.23. The van der Waals surface area contributed by atoms with Crippen molar-refractivity contribution in [2.75, 3.05) is 11.5 Å². The van der Waals surface area contributed by atoms with Crippen molar-refractivity contribution in [2.24, 2.45) is 0 Å². The summed E-state index contributed by atoms with van der Waals surface area (Å²) < 4.78 is 25.4. The van der Waals surface area contributed by atoms with Gasteiger partial charge in [-0.1, -0.05) is 19.1 Å². The van der Waals surface area contributed by atoms with Crippen LogP contribution in [0.2, 0.25) is 0 Å². The molecular formula is C14H19NO3S. The first-order valence-electron chi connectivity index (χ1n) is 6.45. The Morgan fingerprint density at radius 2 is 2.00 bits per heavy atom. The molecule has 5 heteroatoms. The summed E-state index contributed by atoms with van der Waals surface area (Å²) in [6.45, 7) is 2.33. The number of aliphatic hydroxyl groups excluding tert-OH is 1. The third-order valence-electron chi connectivity index (χ3n) is 3.23. The van der Waals surface area contributed by atoms with Gasteiger partial charge in [-0.15, -0.1) is 0 Å². The number of sulfone groups is 1. The standard InChI is InChI=1S/C14H19NO3S/c1-2-9-19(17,18)10-8-15-7-6-13-12(11-16)4-3-5-14(13)15/h3-7,16H,2,8-11H2,1H3. The Morgan fingerprint density at radius 3 is 2.68 bits per heavy atom. The van der Waals surface area contributed by atoms with Gasteiger partial charge in [0.25, 0.3) is 0 Å². The lowest BCUT2D eigenvalue weighted by molar-refractivity contribution is 0.283. The van der Waals surface area contributed by atoms with Crippen molar-refractivity contribution >= 4 is 20.7 Å². The lowest BCUT2D eigenvalue weighted by Gasteiger charge is -2.07. The van der Waals surface area contributed by atoms with Gasteiger partial charge in [-0.2, -0.15) is 0 Å². The molecule has 1 aromatic heterocycles. The smallest absolute Gasteiger partial charge is 0.152 e. The lowest BCUT2D eigenvalue weighted by atomic mass is 10.1. The summed E-state index contributed by atoms with van der Waals surface area (Å²) in [6.07, 6.45) is 2.54. The molecule has 0 aliphatic carbocycles. The first kappa shape index (κ1) is 14.1. The van der Waals surface area contributed by atoms with Crippen LogP contribution in [0.5, 0.6) is 0 Å². The number of nitrogens with zero attached hydrogens (tertiary/aromatic N) is 1. The Kier molecular flexibility index (Phi) is 4.27. The molecule has 1 N–H and O–H groups in total. The molecule has 0 amide bonds. The highest BCUT2D eigenvalue weighted by molar-refractivity contribution is 7.91. The quantitative estimate of drug-likeness (QED) is 0.880. The molecule has 0 aliphatic heterocycles. The van der Waals surface area contributed by atoms with E-state index < -0.39 is 9.84 Å². The van der Waals surface area contributed by atoms with Crippen molar-refractivity contribution in [3.63, 3.8) is 0 Å². The summed E-state index contributed by atoms with van der Waals surface area (Å²) >= 11 is 0. The molecule has 1 aromatic carbocycles. The van der Waals surface area contributed by atoms with Gasteiger partial charge in [0, 0.05) is 29.4 Å². The molecule has 19 heavy (non-hydrogen) atoms. The first-order valence-corrected chi connectivity index (χ1v) is 8.27. The minimum absolute atomic E-state index is 0.00448. The number of aliphatic hydroxyl groups is 1. The van der Waals surface area contributed by atoms with Crippen molar-refractivity contribution in [3.05, 3.63) is 36.0 Å². The molecule has 0 aliphatic rings. The van der Waals surface area contributed by atoms with E-state index in [9.17, 15) is 13.5 Å². The molecule has 0 bridgehead atoms. The SMILES string of the molecule is CCCS(=O)(=O)CCn1ccc2c(CO)cccc21. The molecule has 0 unspecified atom stereocenters. The van der Waals surface area contributed by atoms with Crippen LogP contribution in [-0.4, -0.2) is 29.6 Å². The summed E-state index contributed by atoms with van der Waals surface area (Å²) in [6, 6.07) is 7.62. The van der Waals surface area contributed by atoms with Crippen molar-refractivity contribution in [1.29, 1.82) is 0 Å². The molecule has 0 fully saturated rings. The summed E-state index contributed by atoms with van der Waals surface area (Å²) in [5.74, 6) is 0.405. The Labute approximate surface area is 113 Å². The maximum Gasteiger partial charge on any atom is 0.152 e. The molecule has 0 radical (unpaired) electrons. The van der Waals surface area contributed by atoms with Gasteiger partial charge in [-0.25, -0.2) is 8.42 Å². The molecule has 1 heterocycles. The van der Waals surface area contributed by atoms with Crippen molar-refractivity contribution in [1.82, 2.24) is 4.57 Å². The molecule has 0 saturated heterocycles. The fraction of sp³-hybridized carbons (Fsp3) is 0.429. The number of aryl methyl sites for hydroxylation is 1. The third kappa shape index (κ3) is 3.16. The monoisotopic (exact) mass is 281 g/mol. The van der Waals surface area contributed by atoms with E-state index in [4.69, 9.17) is 0 Å². The van der Waals surface area contributed by atoms with E-state index in [0.717, 1.165) is 16.5 Å². The number of benzene rings is 1. The zero-order valence-corrected chi connectivity index (χ0v) is 11.9. The molecule has 2 rings (SSSR count). The summed E-state index contributed by atoms with van der Waals surface area (Å²) in [5.41, 5.74) is 1.84. The van der Waals surface area contributed by atoms with Crippen LogP contribution in [0.3, 0.4) is 0 Å². The Bertz CT molecular complexity index is 658. The minimum Gasteiger partial charge on any atom is -0.392 e. The molecule has 4 nitrogen and oxygen atoms in total. The van der Waals surface area contributed by atoms with Crippen LogP contribution in [-0.2, 0) is 23.0 Å². The highest BCUT2D eigenvalue weighted by atomic mass is 32.2. The van der Waals surface area contributed by atoms with Gasteiger partial charge < -0.3 is 9.67 Å². The van der Waals surface area contributed by atoms with E-state index in [2.05, 4.69) is 0 Å². The molecule has 0 atom stereocenters. The second kappa shape index (κ2) is 5.75. The molecular weight excluding hydrogens is 262 g/mol. The number of rotatable bonds is 6. The number of aromatic nitrogens is 1. The van der Waals surface area contributed by atoms with Crippen LogP contribution < -0.4 is 0 Å². The number of hydrogen-bond acceptors (Lipinski definition) is 3.